The highest BCUT2D eigenvalue weighted by molar-refractivity contribution is 5.57. The molecular weight excluding hydrogens is 453 g/mol. The fourth-order valence-corrected chi connectivity index (χ4v) is 5.38. The van der Waals surface area contributed by atoms with Gasteiger partial charge in [0.25, 0.3) is 0 Å². The summed E-state index contributed by atoms with van der Waals surface area (Å²) in [4.78, 5) is 12.1. The van der Waals surface area contributed by atoms with E-state index in [1.807, 2.05) is 30.5 Å². The molecule has 3 N–H and O–H groups in total. The van der Waals surface area contributed by atoms with Gasteiger partial charge in [-0.2, -0.15) is 4.98 Å². The lowest BCUT2D eigenvalue weighted by Crippen LogP contribution is -2.33. The van der Waals surface area contributed by atoms with Crippen molar-refractivity contribution in [3.63, 3.8) is 0 Å². The van der Waals surface area contributed by atoms with Crippen molar-refractivity contribution in [2.24, 2.45) is 0 Å². The number of rotatable bonds is 7. The Balaban J connectivity index is 1.29. The molecule has 1 saturated heterocycles. The van der Waals surface area contributed by atoms with Crippen molar-refractivity contribution in [3.8, 4) is 0 Å². The Morgan fingerprint density at radius 1 is 1.00 bits per heavy atom. The van der Waals surface area contributed by atoms with Crippen molar-refractivity contribution >= 4 is 17.5 Å². The molecule has 1 aliphatic carbocycles. The fourth-order valence-electron chi connectivity index (χ4n) is 5.38. The number of halogens is 1. The summed E-state index contributed by atoms with van der Waals surface area (Å²) in [7, 11) is 0. The maximum Gasteiger partial charge on any atom is 0.229 e. The molecule has 2 fully saturated rings. The molecular formula is C29H36FN5O. The standard InChI is InChI=1S/C29H36FN5O/c1-20-3-2-4-25(17-20)33-29-31-18-27(28(34-29)32-24-9-11-26(36)12-10-24)22-13-15-35(16-14-22)19-21-5-7-23(30)8-6-21/h2-8,17-18,22,24,26,36H,9-16,19H2,1H3,(H2,31,32,33,34). The average Bonchev–Trinajstić information content (AvgIpc) is 2.88. The van der Waals surface area contributed by atoms with E-state index in [0.717, 1.165) is 75.2 Å². The number of nitrogens with zero attached hydrogens (tertiary/aromatic N) is 3. The topological polar surface area (TPSA) is 73.3 Å². The highest BCUT2D eigenvalue weighted by Crippen LogP contribution is 2.34. The van der Waals surface area contributed by atoms with Crippen LogP contribution < -0.4 is 10.6 Å². The molecule has 3 aromatic rings. The molecule has 5 rings (SSSR count). The molecule has 0 amide bonds. The van der Waals surface area contributed by atoms with Gasteiger partial charge in [0.1, 0.15) is 11.6 Å². The Morgan fingerprint density at radius 2 is 1.75 bits per heavy atom. The minimum Gasteiger partial charge on any atom is -0.393 e. The van der Waals surface area contributed by atoms with Gasteiger partial charge in [0, 0.05) is 30.0 Å². The van der Waals surface area contributed by atoms with Gasteiger partial charge in [0.05, 0.1) is 6.10 Å². The highest BCUT2D eigenvalue weighted by Gasteiger charge is 2.26. The monoisotopic (exact) mass is 489 g/mol. The number of aryl methyl sites for hydroxylation is 1. The van der Waals surface area contributed by atoms with Gasteiger partial charge < -0.3 is 15.7 Å². The van der Waals surface area contributed by atoms with E-state index in [2.05, 4.69) is 39.6 Å². The van der Waals surface area contributed by atoms with E-state index in [0.29, 0.717) is 17.9 Å². The van der Waals surface area contributed by atoms with Crippen LogP contribution in [0.4, 0.5) is 21.8 Å². The number of nitrogens with one attached hydrogen (secondary N) is 2. The smallest absolute Gasteiger partial charge is 0.229 e. The van der Waals surface area contributed by atoms with E-state index < -0.39 is 0 Å². The molecule has 1 aromatic heterocycles. The molecule has 1 aliphatic heterocycles. The van der Waals surface area contributed by atoms with E-state index in [1.54, 1.807) is 0 Å². The molecule has 2 aromatic carbocycles. The minimum absolute atomic E-state index is 0.183. The number of aliphatic hydroxyl groups is 1. The first-order valence-corrected chi connectivity index (χ1v) is 13.1. The van der Waals surface area contributed by atoms with Crippen molar-refractivity contribution in [2.45, 2.75) is 70.1 Å². The van der Waals surface area contributed by atoms with Crippen LogP contribution in [-0.2, 0) is 6.54 Å². The highest BCUT2D eigenvalue weighted by atomic mass is 19.1. The Hall–Kier alpha value is -3.03. The first-order valence-electron chi connectivity index (χ1n) is 13.1. The number of hydrogen-bond donors (Lipinski definition) is 3. The van der Waals surface area contributed by atoms with Crippen LogP contribution in [-0.4, -0.2) is 45.2 Å². The Morgan fingerprint density at radius 3 is 2.47 bits per heavy atom. The molecule has 0 bridgehead atoms. The van der Waals surface area contributed by atoms with Crippen molar-refractivity contribution < 1.29 is 9.50 Å². The Kier molecular flexibility index (Phi) is 7.78. The normalized spacial score (nSPS) is 21.3. The van der Waals surface area contributed by atoms with Gasteiger partial charge in [0.2, 0.25) is 5.95 Å². The lowest BCUT2D eigenvalue weighted by Gasteiger charge is -2.33. The number of aromatic nitrogens is 2. The van der Waals surface area contributed by atoms with Crippen LogP contribution in [0.2, 0.25) is 0 Å². The molecule has 7 heteroatoms. The van der Waals surface area contributed by atoms with Gasteiger partial charge in [0.15, 0.2) is 0 Å². The predicted molar refractivity (Wildman–Crippen MR) is 142 cm³/mol. The summed E-state index contributed by atoms with van der Waals surface area (Å²) in [5.74, 6) is 1.71. The first-order chi connectivity index (χ1) is 17.5. The van der Waals surface area contributed by atoms with Gasteiger partial charge in [-0.05, 0) is 99.8 Å². The fraction of sp³-hybridized carbons (Fsp3) is 0.448. The third kappa shape index (κ3) is 6.39. The number of likely N-dealkylation sites (tertiary alicyclic amines) is 1. The van der Waals surface area contributed by atoms with Crippen LogP contribution in [0.5, 0.6) is 0 Å². The third-order valence-electron chi connectivity index (χ3n) is 7.48. The van der Waals surface area contributed by atoms with E-state index in [9.17, 15) is 9.50 Å². The molecule has 6 nitrogen and oxygen atoms in total. The largest absolute Gasteiger partial charge is 0.393 e. The average molecular weight is 490 g/mol. The summed E-state index contributed by atoms with van der Waals surface area (Å²) in [5, 5.41) is 17.0. The second-order valence-corrected chi connectivity index (χ2v) is 10.3. The maximum absolute atomic E-state index is 13.2. The van der Waals surface area contributed by atoms with Gasteiger partial charge in [-0.15, -0.1) is 0 Å². The molecule has 190 valence electrons. The summed E-state index contributed by atoms with van der Waals surface area (Å²) < 4.78 is 13.2. The zero-order valence-electron chi connectivity index (χ0n) is 21.0. The zero-order valence-corrected chi connectivity index (χ0v) is 21.0. The van der Waals surface area contributed by atoms with Gasteiger partial charge in [-0.3, -0.25) is 4.90 Å². The molecule has 0 spiro atoms. The quantitative estimate of drug-likeness (QED) is 0.392. The van der Waals surface area contributed by atoms with Gasteiger partial charge >= 0.3 is 0 Å². The molecule has 0 radical (unpaired) electrons. The van der Waals surface area contributed by atoms with E-state index in [-0.39, 0.29) is 11.9 Å². The Bertz CT molecular complexity index is 1140. The number of hydrogen-bond acceptors (Lipinski definition) is 6. The third-order valence-corrected chi connectivity index (χ3v) is 7.48. The second-order valence-electron chi connectivity index (χ2n) is 10.3. The second kappa shape index (κ2) is 11.4. The van der Waals surface area contributed by atoms with Crippen molar-refractivity contribution in [1.82, 2.24) is 14.9 Å². The summed E-state index contributed by atoms with van der Waals surface area (Å²) in [6.45, 7) is 4.89. The molecule has 1 saturated carbocycles. The molecule has 0 atom stereocenters. The van der Waals surface area contributed by atoms with E-state index in [4.69, 9.17) is 4.98 Å². The van der Waals surface area contributed by atoms with Crippen molar-refractivity contribution in [1.29, 1.82) is 0 Å². The number of piperidine rings is 1. The van der Waals surface area contributed by atoms with Crippen LogP contribution in [0.15, 0.2) is 54.7 Å². The molecule has 36 heavy (non-hydrogen) atoms. The number of aliphatic hydroxyl groups excluding tert-OH is 1. The summed E-state index contributed by atoms with van der Waals surface area (Å²) in [5.41, 5.74) is 4.48. The summed E-state index contributed by atoms with van der Waals surface area (Å²) in [6, 6.07) is 15.3. The summed E-state index contributed by atoms with van der Waals surface area (Å²) in [6.07, 6.45) is 7.42. The van der Waals surface area contributed by atoms with Crippen LogP contribution in [0.3, 0.4) is 0 Å². The lowest BCUT2D eigenvalue weighted by atomic mass is 9.89. The molecule has 2 aliphatic rings. The van der Waals surface area contributed by atoms with E-state index in [1.165, 1.54) is 23.3 Å². The van der Waals surface area contributed by atoms with Crippen LogP contribution in [0.25, 0.3) is 0 Å². The number of benzene rings is 2. The van der Waals surface area contributed by atoms with Crippen LogP contribution in [0, 0.1) is 12.7 Å². The zero-order chi connectivity index (χ0) is 24.9. The van der Waals surface area contributed by atoms with Crippen LogP contribution >= 0.6 is 0 Å². The minimum atomic E-state index is -0.190. The maximum atomic E-state index is 13.2. The predicted octanol–water partition coefficient (Wildman–Crippen LogP) is 5.76. The van der Waals surface area contributed by atoms with Gasteiger partial charge in [-0.1, -0.05) is 24.3 Å². The van der Waals surface area contributed by atoms with Crippen molar-refractivity contribution in [3.05, 3.63) is 77.2 Å². The molecule has 2 heterocycles. The van der Waals surface area contributed by atoms with Crippen LogP contribution in [0.1, 0.15) is 61.1 Å². The SMILES string of the molecule is Cc1cccc(Nc2ncc(C3CCN(Cc4ccc(F)cc4)CC3)c(NC3CCC(O)CC3)n2)c1. The molecule has 0 unspecified atom stereocenters. The Labute approximate surface area is 213 Å². The summed E-state index contributed by atoms with van der Waals surface area (Å²) >= 11 is 0. The lowest BCUT2D eigenvalue weighted by molar-refractivity contribution is 0.126. The number of anilines is 3. The first kappa shape index (κ1) is 24.7. The van der Waals surface area contributed by atoms with Crippen molar-refractivity contribution in [2.75, 3.05) is 23.7 Å². The van der Waals surface area contributed by atoms with Gasteiger partial charge in [-0.25, -0.2) is 9.37 Å². The van der Waals surface area contributed by atoms with E-state index >= 15 is 0 Å².